The molecule has 0 radical (unpaired) electrons. The molecule has 7 heteroatoms. The van der Waals surface area contributed by atoms with Crippen molar-refractivity contribution in [2.75, 3.05) is 17.8 Å². The van der Waals surface area contributed by atoms with Gasteiger partial charge in [-0.1, -0.05) is 0 Å². The smallest absolute Gasteiger partial charge is 0.301 e. The van der Waals surface area contributed by atoms with Crippen molar-refractivity contribution in [2.24, 2.45) is 0 Å². The fourth-order valence-corrected chi connectivity index (χ4v) is 3.68. The lowest BCUT2D eigenvalue weighted by Crippen LogP contribution is -2.33. The van der Waals surface area contributed by atoms with Crippen molar-refractivity contribution in [1.29, 1.82) is 0 Å². The summed E-state index contributed by atoms with van der Waals surface area (Å²) in [5.74, 6) is 0.0808. The Morgan fingerprint density at radius 2 is 1.95 bits per heavy atom. The first-order valence-corrected chi connectivity index (χ1v) is 7.86. The molecule has 0 atom stereocenters. The summed E-state index contributed by atoms with van der Waals surface area (Å²) in [6.07, 6.45) is 3.33. The zero-order valence-electron chi connectivity index (χ0n) is 10.8. The van der Waals surface area contributed by atoms with Gasteiger partial charge in [-0.2, -0.15) is 12.7 Å². The first-order chi connectivity index (χ1) is 9.58. The Kier molecular flexibility index (Phi) is 3.23. The number of fused-ring (bicyclic) bond motifs is 1. The lowest BCUT2D eigenvalue weighted by Gasteiger charge is -2.17. The van der Waals surface area contributed by atoms with Crippen LogP contribution in [0.25, 0.3) is 10.9 Å². The molecule has 6 nitrogen and oxygen atoms in total. The van der Waals surface area contributed by atoms with Gasteiger partial charge in [0.1, 0.15) is 5.75 Å². The normalized spacial score (nSPS) is 16.6. The number of benzene rings is 1. The van der Waals surface area contributed by atoms with Crippen LogP contribution in [0, 0.1) is 0 Å². The summed E-state index contributed by atoms with van der Waals surface area (Å²) < 4.78 is 28.5. The minimum absolute atomic E-state index is 0.0808. The van der Waals surface area contributed by atoms with E-state index in [-0.39, 0.29) is 5.75 Å². The molecule has 20 heavy (non-hydrogen) atoms. The molecule has 0 bridgehead atoms. The van der Waals surface area contributed by atoms with Crippen molar-refractivity contribution >= 4 is 26.8 Å². The van der Waals surface area contributed by atoms with Crippen LogP contribution < -0.4 is 4.72 Å². The monoisotopic (exact) mass is 293 g/mol. The summed E-state index contributed by atoms with van der Waals surface area (Å²) in [4.78, 5) is 4.15. The number of aromatic hydroxyl groups is 1. The first kappa shape index (κ1) is 13.1. The number of anilines is 1. The van der Waals surface area contributed by atoms with Crippen LogP contribution in [0.5, 0.6) is 5.75 Å². The van der Waals surface area contributed by atoms with Gasteiger partial charge in [0.25, 0.3) is 0 Å². The summed E-state index contributed by atoms with van der Waals surface area (Å²) in [5, 5.41) is 10.3. The Bertz CT molecular complexity index is 740. The van der Waals surface area contributed by atoms with E-state index in [0.29, 0.717) is 29.7 Å². The van der Waals surface area contributed by atoms with E-state index in [1.54, 1.807) is 18.3 Å². The molecule has 1 fully saturated rings. The Labute approximate surface area is 117 Å². The van der Waals surface area contributed by atoms with Gasteiger partial charge >= 0.3 is 10.2 Å². The molecule has 0 unspecified atom stereocenters. The van der Waals surface area contributed by atoms with Crippen molar-refractivity contribution in [3.63, 3.8) is 0 Å². The Hall–Kier alpha value is -1.86. The fraction of sp³-hybridized carbons (Fsp3) is 0.308. The fourth-order valence-electron chi connectivity index (χ4n) is 2.37. The summed E-state index contributed by atoms with van der Waals surface area (Å²) in [6.45, 7) is 1.08. The Morgan fingerprint density at radius 3 is 2.70 bits per heavy atom. The Morgan fingerprint density at radius 1 is 1.20 bits per heavy atom. The van der Waals surface area contributed by atoms with Crippen LogP contribution in [-0.4, -0.2) is 35.9 Å². The van der Waals surface area contributed by atoms with Gasteiger partial charge in [0.15, 0.2) is 0 Å². The van der Waals surface area contributed by atoms with Gasteiger partial charge in [0.05, 0.1) is 11.2 Å². The SMILES string of the molecule is O=S(=O)(Nc1ccc(O)c2cccnc12)N1CCCC1. The molecule has 2 aromatic rings. The standard InChI is InChI=1S/C13H15N3O3S/c17-12-6-5-11(13-10(12)4-3-7-14-13)15-20(18,19)16-8-1-2-9-16/h3-7,15,17H,1-2,8-9H2. The third-order valence-corrected chi connectivity index (χ3v) is 4.91. The molecule has 2 N–H and O–H groups in total. The number of nitrogens with one attached hydrogen (secondary N) is 1. The van der Waals surface area contributed by atoms with Crippen molar-refractivity contribution < 1.29 is 13.5 Å². The predicted octanol–water partition coefficient (Wildman–Crippen LogP) is 1.69. The van der Waals surface area contributed by atoms with E-state index >= 15 is 0 Å². The third-order valence-electron chi connectivity index (χ3n) is 3.39. The van der Waals surface area contributed by atoms with Crippen LogP contribution in [0.3, 0.4) is 0 Å². The van der Waals surface area contributed by atoms with E-state index in [2.05, 4.69) is 9.71 Å². The highest BCUT2D eigenvalue weighted by Gasteiger charge is 2.25. The number of phenols is 1. The number of nitrogens with zero attached hydrogens (tertiary/aromatic N) is 2. The maximum Gasteiger partial charge on any atom is 0.301 e. The van der Waals surface area contributed by atoms with Crippen LogP contribution in [0.1, 0.15) is 12.8 Å². The van der Waals surface area contributed by atoms with Crippen LogP contribution in [0.15, 0.2) is 30.5 Å². The highest BCUT2D eigenvalue weighted by Crippen LogP contribution is 2.30. The largest absolute Gasteiger partial charge is 0.507 e. The zero-order valence-corrected chi connectivity index (χ0v) is 11.6. The molecule has 1 aromatic carbocycles. The van der Waals surface area contributed by atoms with Gasteiger partial charge in [0.2, 0.25) is 0 Å². The molecule has 3 rings (SSSR count). The highest BCUT2D eigenvalue weighted by atomic mass is 32.2. The maximum atomic E-state index is 12.3. The van der Waals surface area contributed by atoms with Crippen LogP contribution in [0.2, 0.25) is 0 Å². The topological polar surface area (TPSA) is 82.5 Å². The number of rotatable bonds is 3. The van der Waals surface area contributed by atoms with E-state index in [1.807, 2.05) is 0 Å². The molecule has 1 aliphatic rings. The summed E-state index contributed by atoms with van der Waals surface area (Å²) in [5.41, 5.74) is 0.820. The Balaban J connectivity index is 2.01. The average Bonchev–Trinajstić information content (AvgIpc) is 2.97. The number of hydrogen-bond donors (Lipinski definition) is 2. The highest BCUT2D eigenvalue weighted by molar-refractivity contribution is 7.90. The summed E-state index contributed by atoms with van der Waals surface area (Å²) >= 11 is 0. The molecule has 0 spiro atoms. The van der Waals surface area contributed by atoms with E-state index in [4.69, 9.17) is 0 Å². The number of pyridine rings is 1. The van der Waals surface area contributed by atoms with Crippen molar-refractivity contribution in [2.45, 2.75) is 12.8 Å². The van der Waals surface area contributed by atoms with Crippen LogP contribution in [0.4, 0.5) is 5.69 Å². The van der Waals surface area contributed by atoms with E-state index in [1.165, 1.54) is 16.4 Å². The molecule has 0 saturated carbocycles. The minimum Gasteiger partial charge on any atom is -0.507 e. The van der Waals surface area contributed by atoms with Crippen LogP contribution >= 0.6 is 0 Å². The number of aromatic nitrogens is 1. The summed E-state index contributed by atoms with van der Waals surface area (Å²) in [6, 6.07) is 6.39. The van der Waals surface area contributed by atoms with E-state index < -0.39 is 10.2 Å². The number of phenolic OH excluding ortho intramolecular Hbond substituents is 1. The molecule has 2 heterocycles. The second-order valence-electron chi connectivity index (χ2n) is 4.75. The molecule has 1 aliphatic heterocycles. The second kappa shape index (κ2) is 4.92. The lowest BCUT2D eigenvalue weighted by molar-refractivity contribution is 0.480. The molecule has 0 aliphatic carbocycles. The average molecular weight is 293 g/mol. The van der Waals surface area contributed by atoms with Crippen molar-refractivity contribution in [3.8, 4) is 5.75 Å². The third kappa shape index (κ3) is 2.30. The molecule has 1 aromatic heterocycles. The minimum atomic E-state index is -3.56. The molecule has 106 valence electrons. The van der Waals surface area contributed by atoms with E-state index in [9.17, 15) is 13.5 Å². The van der Waals surface area contributed by atoms with Gasteiger partial charge in [-0.25, -0.2) is 0 Å². The summed E-state index contributed by atoms with van der Waals surface area (Å²) in [7, 11) is -3.56. The maximum absolute atomic E-state index is 12.3. The predicted molar refractivity (Wildman–Crippen MR) is 76.8 cm³/mol. The second-order valence-corrected chi connectivity index (χ2v) is 6.42. The molecular formula is C13H15N3O3S. The van der Waals surface area contributed by atoms with Crippen LogP contribution in [-0.2, 0) is 10.2 Å². The lowest BCUT2D eigenvalue weighted by atomic mass is 10.2. The van der Waals surface area contributed by atoms with Gasteiger partial charge < -0.3 is 5.11 Å². The molecule has 1 saturated heterocycles. The van der Waals surface area contributed by atoms with Crippen molar-refractivity contribution in [1.82, 2.24) is 9.29 Å². The molecular weight excluding hydrogens is 278 g/mol. The van der Waals surface area contributed by atoms with Gasteiger partial charge in [-0.15, -0.1) is 0 Å². The quantitative estimate of drug-likeness (QED) is 0.844. The van der Waals surface area contributed by atoms with Gasteiger partial charge in [0, 0.05) is 24.7 Å². The van der Waals surface area contributed by atoms with Gasteiger partial charge in [-0.3, -0.25) is 9.71 Å². The molecule has 0 amide bonds. The first-order valence-electron chi connectivity index (χ1n) is 6.42. The van der Waals surface area contributed by atoms with E-state index in [0.717, 1.165) is 12.8 Å². The van der Waals surface area contributed by atoms with Gasteiger partial charge in [-0.05, 0) is 37.1 Å². The number of hydrogen-bond acceptors (Lipinski definition) is 4. The van der Waals surface area contributed by atoms with Crippen molar-refractivity contribution in [3.05, 3.63) is 30.5 Å². The zero-order chi connectivity index (χ0) is 14.2.